The van der Waals surface area contributed by atoms with Gasteiger partial charge in [0.25, 0.3) is 0 Å². The molecule has 0 fully saturated rings. The Hall–Kier alpha value is -1.73. The fourth-order valence-electron chi connectivity index (χ4n) is 5.61. The third-order valence-electron chi connectivity index (χ3n) is 8.66. The van der Waals surface area contributed by atoms with Crippen LogP contribution < -0.4 is 0 Å². The van der Waals surface area contributed by atoms with Gasteiger partial charge in [0.15, 0.2) is 6.10 Å². The Balaban J connectivity index is 3.97. The van der Waals surface area contributed by atoms with Crippen molar-refractivity contribution in [1.82, 2.24) is 0 Å². The van der Waals surface area contributed by atoms with Crippen molar-refractivity contribution in [1.29, 1.82) is 0 Å². The van der Waals surface area contributed by atoms with Crippen LogP contribution in [-0.4, -0.2) is 41.0 Å². The Morgan fingerprint density at radius 1 is 0.520 bits per heavy atom. The fourth-order valence-corrected chi connectivity index (χ4v) is 5.98. The van der Waals surface area contributed by atoms with E-state index in [2.05, 4.69) is 54.8 Å². The Morgan fingerprint density at radius 3 is 1.38 bits per heavy atom. The molecule has 0 rings (SSSR count). The molecule has 0 heterocycles. The molecule has 50 heavy (non-hydrogen) atoms. The number of unbranched alkanes of at least 4 members (excludes halogenated alkanes) is 21. The molecule has 0 aliphatic carbocycles. The Labute approximate surface area is 306 Å². The van der Waals surface area contributed by atoms with E-state index < -0.39 is 32.5 Å². The molecule has 292 valence electrons. The zero-order chi connectivity index (χ0) is 36.8. The normalized spacial score (nSPS) is 12.8. The Morgan fingerprint density at radius 2 is 0.900 bits per heavy atom. The van der Waals surface area contributed by atoms with Crippen LogP contribution in [0.25, 0.3) is 0 Å². The van der Waals surface area contributed by atoms with Crippen LogP contribution in [0.4, 0.5) is 0 Å². The van der Waals surface area contributed by atoms with Crippen molar-refractivity contribution in [2.45, 2.75) is 200 Å². The summed E-state index contributed by atoms with van der Waals surface area (Å²) in [4.78, 5) is 42.8. The lowest BCUT2D eigenvalue weighted by atomic mass is 10.0. The van der Waals surface area contributed by atoms with Gasteiger partial charge in [-0.2, -0.15) is 0 Å². The summed E-state index contributed by atoms with van der Waals surface area (Å²) in [5, 5.41) is 0. The van der Waals surface area contributed by atoms with Gasteiger partial charge in [-0.05, 0) is 51.4 Å². The predicted molar refractivity (Wildman–Crippen MR) is 207 cm³/mol. The highest BCUT2D eigenvalue weighted by molar-refractivity contribution is 7.46. The number of phosphoric ester groups is 1. The second kappa shape index (κ2) is 37.0. The van der Waals surface area contributed by atoms with Gasteiger partial charge in [-0.3, -0.25) is 14.1 Å². The lowest BCUT2D eigenvalue weighted by Crippen LogP contribution is -2.29. The van der Waals surface area contributed by atoms with E-state index >= 15 is 0 Å². The molecule has 8 nitrogen and oxygen atoms in total. The number of rotatable bonds is 37. The van der Waals surface area contributed by atoms with Crippen LogP contribution in [0.1, 0.15) is 194 Å². The first kappa shape index (κ1) is 48.3. The first-order valence-corrected chi connectivity index (χ1v) is 21.8. The molecular weight excluding hydrogens is 651 g/mol. The second-order valence-electron chi connectivity index (χ2n) is 13.6. The minimum Gasteiger partial charge on any atom is -0.462 e. The number of esters is 2. The molecule has 2 N–H and O–H groups in total. The lowest BCUT2D eigenvalue weighted by Gasteiger charge is -2.18. The maximum Gasteiger partial charge on any atom is 0.469 e. The van der Waals surface area contributed by atoms with E-state index in [1.54, 1.807) is 0 Å². The molecule has 0 saturated carbocycles. The van der Waals surface area contributed by atoms with Crippen molar-refractivity contribution in [2.24, 2.45) is 0 Å². The van der Waals surface area contributed by atoms with Crippen LogP contribution >= 0.6 is 7.82 Å². The van der Waals surface area contributed by atoms with Gasteiger partial charge >= 0.3 is 19.8 Å². The van der Waals surface area contributed by atoms with E-state index in [4.69, 9.17) is 19.3 Å². The highest BCUT2D eigenvalue weighted by Gasteiger charge is 2.22. The third-order valence-corrected chi connectivity index (χ3v) is 9.15. The summed E-state index contributed by atoms with van der Waals surface area (Å²) in [6.07, 6.45) is 42.9. The zero-order valence-corrected chi connectivity index (χ0v) is 32.9. The molecule has 0 aromatic rings. The molecule has 0 aromatic heterocycles. The largest absolute Gasteiger partial charge is 0.469 e. The molecule has 0 saturated heterocycles. The molecule has 0 radical (unpaired) electrons. The molecule has 0 spiro atoms. The van der Waals surface area contributed by atoms with Gasteiger partial charge in [-0.1, -0.05) is 166 Å². The standard InChI is InChI=1S/C41H75O8P/c1-3-5-7-9-11-13-15-17-19-20-22-23-25-27-29-31-33-35-40(42)47-37-39(38-48-50(44,45)46)49-41(43)36-34-32-30-28-26-24-21-18-16-14-12-10-8-6-4-2/h11,13,17,19,22-23,39H,3-10,12,14-16,18,20-21,24-38H2,1-2H3,(H2,44,45,46)/b13-11+,19-17+,23-22+/t39-/m1/s1. The molecular formula is C41H75O8P. The summed E-state index contributed by atoms with van der Waals surface area (Å²) >= 11 is 0. The number of carbonyl (C=O) groups is 2. The van der Waals surface area contributed by atoms with Crippen molar-refractivity contribution < 1.29 is 37.9 Å². The van der Waals surface area contributed by atoms with Crippen LogP contribution in [-0.2, 0) is 28.2 Å². The summed E-state index contributed by atoms with van der Waals surface area (Å²) in [5.74, 6) is -0.905. The van der Waals surface area contributed by atoms with E-state index in [1.807, 2.05) is 0 Å². The number of allylic oxidation sites excluding steroid dienone is 6. The van der Waals surface area contributed by atoms with E-state index in [0.717, 1.165) is 57.8 Å². The Kier molecular flexibility index (Phi) is 35.8. The van der Waals surface area contributed by atoms with Crippen molar-refractivity contribution in [3.05, 3.63) is 36.5 Å². The molecule has 0 aliphatic rings. The number of hydrogen-bond donors (Lipinski definition) is 2. The average molecular weight is 727 g/mol. The number of phosphoric acid groups is 1. The molecule has 9 heteroatoms. The van der Waals surface area contributed by atoms with E-state index in [-0.39, 0.29) is 19.4 Å². The maximum absolute atomic E-state index is 12.4. The topological polar surface area (TPSA) is 119 Å². The molecule has 0 aliphatic heterocycles. The SMILES string of the molecule is CCCCC/C=C/C/C=C/C/C=C/CCCCCCC(=O)OC[C@H](COP(=O)(O)O)OC(=O)CCCCCCCCCCCCCCCCC. The third kappa shape index (κ3) is 39.1. The van der Waals surface area contributed by atoms with Gasteiger partial charge < -0.3 is 19.3 Å². The van der Waals surface area contributed by atoms with E-state index in [9.17, 15) is 14.2 Å². The second-order valence-corrected chi connectivity index (χ2v) is 14.9. The van der Waals surface area contributed by atoms with Crippen LogP contribution in [0.2, 0.25) is 0 Å². The summed E-state index contributed by atoms with van der Waals surface area (Å²) < 4.78 is 26.3. The monoisotopic (exact) mass is 727 g/mol. The van der Waals surface area contributed by atoms with Gasteiger partial charge in [-0.25, -0.2) is 4.57 Å². The van der Waals surface area contributed by atoms with Crippen LogP contribution in [0.3, 0.4) is 0 Å². The molecule has 0 unspecified atom stereocenters. The van der Waals surface area contributed by atoms with Gasteiger partial charge in [0, 0.05) is 12.8 Å². The first-order chi connectivity index (χ1) is 24.3. The molecule has 1 atom stereocenters. The summed E-state index contributed by atoms with van der Waals surface area (Å²) in [7, 11) is -4.75. The van der Waals surface area contributed by atoms with E-state index in [0.29, 0.717) is 12.8 Å². The van der Waals surface area contributed by atoms with Crippen molar-refractivity contribution >= 4 is 19.8 Å². The van der Waals surface area contributed by atoms with Gasteiger partial charge in [0.2, 0.25) is 0 Å². The van der Waals surface area contributed by atoms with Crippen molar-refractivity contribution in [2.75, 3.05) is 13.2 Å². The number of hydrogen-bond acceptors (Lipinski definition) is 6. The van der Waals surface area contributed by atoms with Crippen LogP contribution in [0.5, 0.6) is 0 Å². The van der Waals surface area contributed by atoms with Crippen LogP contribution in [0, 0.1) is 0 Å². The van der Waals surface area contributed by atoms with Gasteiger partial charge in [0.05, 0.1) is 6.61 Å². The molecule has 0 aromatic carbocycles. The van der Waals surface area contributed by atoms with E-state index in [1.165, 1.54) is 96.3 Å². The number of ether oxygens (including phenoxy) is 2. The quantitative estimate of drug-likeness (QED) is 0.0281. The summed E-state index contributed by atoms with van der Waals surface area (Å²) in [5.41, 5.74) is 0. The van der Waals surface area contributed by atoms with Gasteiger partial charge in [0.1, 0.15) is 6.61 Å². The minimum atomic E-state index is -4.75. The average Bonchev–Trinajstić information content (AvgIpc) is 3.08. The van der Waals surface area contributed by atoms with Crippen molar-refractivity contribution in [3.63, 3.8) is 0 Å². The predicted octanol–water partition coefficient (Wildman–Crippen LogP) is 12.2. The molecule has 0 bridgehead atoms. The smallest absolute Gasteiger partial charge is 0.462 e. The summed E-state index contributed by atoms with van der Waals surface area (Å²) in [6.45, 7) is 3.64. The maximum atomic E-state index is 12.4. The van der Waals surface area contributed by atoms with Crippen molar-refractivity contribution in [3.8, 4) is 0 Å². The highest BCUT2D eigenvalue weighted by Crippen LogP contribution is 2.36. The highest BCUT2D eigenvalue weighted by atomic mass is 31.2. The van der Waals surface area contributed by atoms with Gasteiger partial charge in [-0.15, -0.1) is 0 Å². The first-order valence-electron chi connectivity index (χ1n) is 20.3. The van der Waals surface area contributed by atoms with Crippen LogP contribution in [0.15, 0.2) is 36.5 Å². The fraction of sp³-hybridized carbons (Fsp3) is 0.805. The summed E-state index contributed by atoms with van der Waals surface area (Å²) in [6, 6.07) is 0. The molecule has 0 amide bonds. The minimum absolute atomic E-state index is 0.210. The lowest BCUT2D eigenvalue weighted by molar-refractivity contribution is -0.161. The number of carbonyl (C=O) groups excluding carboxylic acids is 2. The Bertz CT molecular complexity index is 910. The zero-order valence-electron chi connectivity index (χ0n) is 32.0.